The summed E-state index contributed by atoms with van der Waals surface area (Å²) in [7, 11) is 0. The van der Waals surface area contributed by atoms with E-state index in [-0.39, 0.29) is 41.3 Å². The molecule has 0 atom stereocenters. The molecule has 1 amide bonds. The number of pyridine rings is 1. The van der Waals surface area contributed by atoms with Gasteiger partial charge in [-0.25, -0.2) is 13.8 Å². The van der Waals surface area contributed by atoms with Gasteiger partial charge in [0.25, 0.3) is 11.5 Å². The van der Waals surface area contributed by atoms with Gasteiger partial charge in [0.1, 0.15) is 22.5 Å². The van der Waals surface area contributed by atoms with E-state index in [2.05, 4.69) is 30.9 Å². The summed E-state index contributed by atoms with van der Waals surface area (Å²) in [6, 6.07) is 11.9. The van der Waals surface area contributed by atoms with Crippen LogP contribution in [0.5, 0.6) is 11.5 Å². The molecule has 0 unspecified atom stereocenters. The molecule has 0 aliphatic heterocycles. The number of halogens is 2. The summed E-state index contributed by atoms with van der Waals surface area (Å²) in [5, 5.41) is 26.7. The van der Waals surface area contributed by atoms with E-state index in [1.807, 2.05) is 0 Å². The van der Waals surface area contributed by atoms with Crippen molar-refractivity contribution in [1.29, 1.82) is 0 Å². The van der Waals surface area contributed by atoms with Gasteiger partial charge in [-0.2, -0.15) is 14.9 Å². The van der Waals surface area contributed by atoms with Crippen molar-refractivity contribution in [2.45, 2.75) is 18.9 Å². The number of ether oxygens (including phenoxy) is 1. The third-order valence-corrected chi connectivity index (χ3v) is 6.83. The van der Waals surface area contributed by atoms with Crippen LogP contribution < -0.4 is 20.9 Å². The van der Waals surface area contributed by atoms with Gasteiger partial charge in [-0.1, -0.05) is 0 Å². The highest BCUT2D eigenvalue weighted by Gasteiger charge is 2.29. The van der Waals surface area contributed by atoms with Crippen LogP contribution in [0.1, 0.15) is 23.2 Å². The molecule has 0 spiro atoms. The fourth-order valence-corrected chi connectivity index (χ4v) is 4.64. The minimum atomic E-state index is -0.772. The van der Waals surface area contributed by atoms with Crippen LogP contribution in [0, 0.1) is 17.6 Å². The monoisotopic (exact) mass is 559 g/mol. The fourth-order valence-electron chi connectivity index (χ4n) is 4.64. The second-order valence-corrected chi connectivity index (χ2v) is 9.61. The van der Waals surface area contributed by atoms with E-state index in [4.69, 9.17) is 4.74 Å². The smallest absolute Gasteiger partial charge is 0.284 e. The Hall–Kier alpha value is -5.17. The molecular weight excluding hydrogens is 536 g/mol. The molecule has 1 saturated carbocycles. The van der Waals surface area contributed by atoms with Crippen LogP contribution >= 0.6 is 0 Å². The molecule has 1 fully saturated rings. The molecule has 1 aliphatic carbocycles. The standard InChI is InChI=1S/C28H23F2N7O4/c29-16-1-4-19(5-2-16)37-28(40)20(7-10-32-37)27(39)34-17-3-6-22(21(30)13-17)41-23-8-9-31-25-24(23)26(36-35-25)33-18-11-15(12-18)14-38/h1-10,13,15,18,38H,11-12,14H2,(H,34,39)(H2,31,33,35,36)/t15-,18-. The van der Waals surface area contributed by atoms with Gasteiger partial charge in [0, 0.05) is 42.9 Å². The minimum absolute atomic E-state index is 0.0957. The van der Waals surface area contributed by atoms with Crippen molar-refractivity contribution in [3.63, 3.8) is 0 Å². The number of H-pyrrole nitrogens is 1. The molecule has 1 aliphatic rings. The number of nitrogens with zero attached hydrogens (tertiary/aromatic N) is 4. The number of hydrogen-bond donors (Lipinski definition) is 4. The van der Waals surface area contributed by atoms with Crippen molar-refractivity contribution in [3.05, 3.63) is 94.5 Å². The lowest BCUT2D eigenvalue weighted by atomic mass is 9.81. The van der Waals surface area contributed by atoms with Crippen molar-refractivity contribution < 1.29 is 23.4 Å². The van der Waals surface area contributed by atoms with Crippen molar-refractivity contribution in [3.8, 4) is 17.2 Å². The van der Waals surface area contributed by atoms with Gasteiger partial charge < -0.3 is 20.5 Å². The summed E-state index contributed by atoms with van der Waals surface area (Å²) < 4.78 is 35.2. The molecule has 0 bridgehead atoms. The molecular formula is C28H23F2N7O4. The number of aromatic amines is 1. The van der Waals surface area contributed by atoms with Gasteiger partial charge in [-0.15, -0.1) is 0 Å². The maximum Gasteiger partial charge on any atom is 0.284 e. The summed E-state index contributed by atoms with van der Waals surface area (Å²) in [5.41, 5.74) is -0.130. The summed E-state index contributed by atoms with van der Waals surface area (Å²) in [5.74, 6) is -1.02. The highest BCUT2D eigenvalue weighted by atomic mass is 19.1. The Balaban J connectivity index is 1.19. The van der Waals surface area contributed by atoms with Crippen LogP contribution in [0.25, 0.3) is 16.7 Å². The van der Waals surface area contributed by atoms with Gasteiger partial charge in [-0.05, 0) is 61.2 Å². The highest BCUT2D eigenvalue weighted by Crippen LogP contribution is 2.37. The van der Waals surface area contributed by atoms with E-state index in [1.54, 1.807) is 6.07 Å². The lowest BCUT2D eigenvalue weighted by Gasteiger charge is -2.34. The average Bonchev–Trinajstić information content (AvgIpc) is 3.36. The molecule has 11 nitrogen and oxygen atoms in total. The topological polar surface area (TPSA) is 147 Å². The number of anilines is 2. The molecule has 0 saturated heterocycles. The molecule has 5 aromatic rings. The van der Waals surface area contributed by atoms with Crippen molar-refractivity contribution in [2.24, 2.45) is 5.92 Å². The van der Waals surface area contributed by atoms with E-state index in [9.17, 15) is 19.1 Å². The van der Waals surface area contributed by atoms with E-state index in [0.717, 1.165) is 23.6 Å². The molecule has 6 rings (SSSR count). The number of aromatic nitrogens is 5. The highest BCUT2D eigenvalue weighted by molar-refractivity contribution is 6.04. The molecule has 13 heteroatoms. The van der Waals surface area contributed by atoms with Gasteiger partial charge in [0.05, 0.1) is 5.69 Å². The number of nitrogens with one attached hydrogen (secondary N) is 3. The van der Waals surface area contributed by atoms with E-state index < -0.39 is 23.1 Å². The van der Waals surface area contributed by atoms with Crippen LogP contribution in [-0.4, -0.2) is 48.6 Å². The van der Waals surface area contributed by atoms with Gasteiger partial charge in [0.2, 0.25) is 0 Å². The number of fused-ring (bicyclic) bond motifs is 1. The maximum absolute atomic E-state index is 15.1. The third kappa shape index (κ3) is 5.22. The Labute approximate surface area is 230 Å². The Kier molecular flexibility index (Phi) is 6.85. The zero-order valence-electron chi connectivity index (χ0n) is 21.3. The lowest BCUT2D eigenvalue weighted by molar-refractivity contribution is 0.102. The van der Waals surface area contributed by atoms with Crippen LogP contribution in [0.2, 0.25) is 0 Å². The quantitative estimate of drug-likeness (QED) is 0.223. The van der Waals surface area contributed by atoms with Gasteiger partial charge in [-0.3, -0.25) is 14.7 Å². The number of hydrogen-bond acceptors (Lipinski definition) is 8. The predicted molar refractivity (Wildman–Crippen MR) is 145 cm³/mol. The fraction of sp³-hybridized carbons (Fsp3) is 0.179. The normalized spacial score (nSPS) is 16.3. The van der Waals surface area contributed by atoms with Crippen LogP contribution in [-0.2, 0) is 0 Å². The number of aliphatic hydroxyl groups is 1. The summed E-state index contributed by atoms with van der Waals surface area (Å²) >= 11 is 0. The number of amides is 1. The largest absolute Gasteiger partial charge is 0.453 e. The minimum Gasteiger partial charge on any atom is -0.453 e. The van der Waals surface area contributed by atoms with E-state index >= 15 is 4.39 Å². The number of carbonyl (C=O) groups excluding carboxylic acids is 1. The zero-order valence-corrected chi connectivity index (χ0v) is 21.3. The number of benzene rings is 2. The first kappa shape index (κ1) is 26.1. The summed E-state index contributed by atoms with van der Waals surface area (Å²) in [4.78, 5) is 30.0. The predicted octanol–water partition coefficient (Wildman–Crippen LogP) is 4.01. The molecule has 4 N–H and O–H groups in total. The number of rotatable bonds is 8. The Bertz CT molecular complexity index is 1800. The molecule has 41 heavy (non-hydrogen) atoms. The molecule has 2 aromatic carbocycles. The molecule has 0 radical (unpaired) electrons. The number of aliphatic hydroxyl groups excluding tert-OH is 1. The average molecular weight is 560 g/mol. The summed E-state index contributed by atoms with van der Waals surface area (Å²) in [6.07, 6.45) is 4.39. The van der Waals surface area contributed by atoms with Crippen molar-refractivity contribution in [1.82, 2.24) is 25.0 Å². The van der Waals surface area contributed by atoms with E-state index in [0.29, 0.717) is 22.6 Å². The van der Waals surface area contributed by atoms with Crippen LogP contribution in [0.4, 0.5) is 20.3 Å². The maximum atomic E-state index is 15.1. The molecule has 3 heterocycles. The molecule has 3 aromatic heterocycles. The second-order valence-electron chi connectivity index (χ2n) is 9.61. The Morgan fingerprint density at radius 1 is 1.07 bits per heavy atom. The van der Waals surface area contributed by atoms with Crippen LogP contribution in [0.15, 0.2) is 71.8 Å². The third-order valence-electron chi connectivity index (χ3n) is 6.83. The lowest BCUT2D eigenvalue weighted by Crippen LogP contribution is -2.37. The Morgan fingerprint density at radius 2 is 1.88 bits per heavy atom. The van der Waals surface area contributed by atoms with Crippen LogP contribution in [0.3, 0.4) is 0 Å². The van der Waals surface area contributed by atoms with Crippen molar-refractivity contribution >= 4 is 28.4 Å². The first-order valence-electron chi connectivity index (χ1n) is 12.7. The SMILES string of the molecule is O=C(Nc1ccc(Oc2ccnc3[nH]nc(N[C@H]4C[C@H](CO)C4)c23)c(F)c1)c1ccnn(-c2ccc(F)cc2)c1=O. The second kappa shape index (κ2) is 10.8. The number of carbonyl (C=O) groups is 1. The van der Waals surface area contributed by atoms with Crippen molar-refractivity contribution in [2.75, 3.05) is 17.2 Å². The van der Waals surface area contributed by atoms with Gasteiger partial charge >= 0.3 is 0 Å². The summed E-state index contributed by atoms with van der Waals surface area (Å²) in [6.45, 7) is 0.141. The zero-order chi connectivity index (χ0) is 28.5. The first-order valence-corrected chi connectivity index (χ1v) is 12.7. The molecule has 208 valence electrons. The van der Waals surface area contributed by atoms with Gasteiger partial charge in [0.15, 0.2) is 23.0 Å². The Morgan fingerprint density at radius 3 is 2.63 bits per heavy atom. The first-order chi connectivity index (χ1) is 19.9. The van der Waals surface area contributed by atoms with E-state index in [1.165, 1.54) is 54.9 Å².